The summed E-state index contributed by atoms with van der Waals surface area (Å²) in [5, 5.41) is 0. The van der Waals surface area contributed by atoms with Crippen LogP contribution in [0.25, 0.3) is 11.1 Å². The smallest absolute Gasteiger partial charge is 0.0131 e. The average molecular weight is 244 g/mol. The molecule has 0 saturated heterocycles. The van der Waals surface area contributed by atoms with Crippen LogP contribution in [0.1, 0.15) is 28.5 Å². The van der Waals surface area contributed by atoms with Crippen molar-refractivity contribution in [3.63, 3.8) is 0 Å². The van der Waals surface area contributed by atoms with Gasteiger partial charge in [0.15, 0.2) is 0 Å². The molecule has 0 heteroatoms. The zero-order chi connectivity index (χ0) is 12.8. The first-order chi connectivity index (χ1) is 9.34. The van der Waals surface area contributed by atoms with Gasteiger partial charge in [-0.2, -0.15) is 0 Å². The van der Waals surface area contributed by atoms with Crippen molar-refractivity contribution in [2.24, 2.45) is 0 Å². The minimum atomic E-state index is 0.495. The Kier molecular flexibility index (Phi) is 2.25. The highest BCUT2D eigenvalue weighted by atomic mass is 14.3. The lowest BCUT2D eigenvalue weighted by Gasteiger charge is -2.34. The van der Waals surface area contributed by atoms with E-state index < -0.39 is 0 Å². The largest absolute Gasteiger partial charge is 0.0761 e. The summed E-state index contributed by atoms with van der Waals surface area (Å²) in [6.07, 6.45) is 9.05. The van der Waals surface area contributed by atoms with E-state index in [0.29, 0.717) is 11.8 Å². The maximum absolute atomic E-state index is 2.35. The van der Waals surface area contributed by atoms with Crippen LogP contribution in [0, 0.1) is 6.92 Å². The van der Waals surface area contributed by atoms with Crippen LogP contribution in [0.15, 0.2) is 66.8 Å². The van der Waals surface area contributed by atoms with Gasteiger partial charge >= 0.3 is 0 Å². The molecular weight excluding hydrogens is 228 g/mol. The maximum atomic E-state index is 2.35. The van der Waals surface area contributed by atoms with Crippen LogP contribution < -0.4 is 0 Å². The molecule has 92 valence electrons. The van der Waals surface area contributed by atoms with Gasteiger partial charge in [-0.05, 0) is 29.2 Å². The molecular formula is C19H16. The molecule has 0 aliphatic heterocycles. The average Bonchev–Trinajstić information content (AvgIpc) is 2.47. The van der Waals surface area contributed by atoms with Crippen molar-refractivity contribution in [2.75, 3.05) is 0 Å². The summed E-state index contributed by atoms with van der Waals surface area (Å²) in [6.45, 7) is 2.18. The van der Waals surface area contributed by atoms with E-state index in [1.807, 2.05) is 0 Å². The Bertz CT molecular complexity index is 704. The Balaban J connectivity index is 2.05. The molecule has 0 saturated carbocycles. The second kappa shape index (κ2) is 3.96. The van der Waals surface area contributed by atoms with E-state index in [0.717, 1.165) is 0 Å². The predicted octanol–water partition coefficient (Wildman–Crippen LogP) is 4.97. The van der Waals surface area contributed by atoms with Crippen molar-refractivity contribution in [1.82, 2.24) is 0 Å². The summed E-state index contributed by atoms with van der Waals surface area (Å²) >= 11 is 0. The second-order valence-electron chi connectivity index (χ2n) is 5.50. The summed E-state index contributed by atoms with van der Waals surface area (Å²) < 4.78 is 0. The zero-order valence-corrected chi connectivity index (χ0v) is 11.0. The van der Waals surface area contributed by atoms with Gasteiger partial charge in [0.2, 0.25) is 0 Å². The Labute approximate surface area is 114 Å². The van der Waals surface area contributed by atoms with Gasteiger partial charge in [-0.1, -0.05) is 72.3 Å². The van der Waals surface area contributed by atoms with Crippen LogP contribution in [0.2, 0.25) is 0 Å². The van der Waals surface area contributed by atoms with Crippen molar-refractivity contribution in [2.45, 2.75) is 18.8 Å². The van der Waals surface area contributed by atoms with Crippen LogP contribution in [-0.4, -0.2) is 0 Å². The van der Waals surface area contributed by atoms with Gasteiger partial charge in [0.1, 0.15) is 0 Å². The van der Waals surface area contributed by atoms with Crippen LogP contribution in [0.4, 0.5) is 0 Å². The molecule has 2 aliphatic carbocycles. The number of allylic oxidation sites excluding steroid dienone is 4. The lowest BCUT2D eigenvalue weighted by molar-refractivity contribution is 0.719. The highest BCUT2D eigenvalue weighted by molar-refractivity contribution is 5.77. The standard InChI is InChI=1S/C19H16/c1-13-10-11-18-16-8-3-2-6-14(16)15-7-4-5-9-17(15)19(18)12-13/h2-12,15,17H,1H3. The molecule has 2 aromatic rings. The summed E-state index contributed by atoms with van der Waals surface area (Å²) in [5.41, 5.74) is 7.09. The van der Waals surface area contributed by atoms with Crippen LogP contribution in [0.5, 0.6) is 0 Å². The first-order valence-electron chi connectivity index (χ1n) is 6.89. The Hall–Kier alpha value is -2.08. The summed E-state index contributed by atoms with van der Waals surface area (Å²) in [5.74, 6) is 0.991. The molecule has 4 rings (SSSR count). The molecule has 0 amide bonds. The van der Waals surface area contributed by atoms with E-state index in [1.54, 1.807) is 0 Å². The highest BCUT2D eigenvalue weighted by Gasteiger charge is 2.31. The number of aryl methyl sites for hydroxylation is 1. The van der Waals surface area contributed by atoms with E-state index in [9.17, 15) is 0 Å². The molecule has 2 aromatic carbocycles. The van der Waals surface area contributed by atoms with Crippen molar-refractivity contribution in [3.05, 3.63) is 83.5 Å². The third-order valence-electron chi connectivity index (χ3n) is 4.31. The van der Waals surface area contributed by atoms with E-state index in [4.69, 9.17) is 0 Å². The van der Waals surface area contributed by atoms with E-state index in [-0.39, 0.29) is 0 Å². The lowest BCUT2D eigenvalue weighted by atomic mass is 9.70. The quantitative estimate of drug-likeness (QED) is 0.614. The van der Waals surface area contributed by atoms with E-state index in [2.05, 4.69) is 73.7 Å². The lowest BCUT2D eigenvalue weighted by Crippen LogP contribution is -2.16. The molecule has 0 aromatic heterocycles. The summed E-state index contributed by atoms with van der Waals surface area (Å²) in [6, 6.07) is 15.7. The minimum absolute atomic E-state index is 0.495. The Morgan fingerprint density at radius 3 is 2.26 bits per heavy atom. The van der Waals surface area contributed by atoms with E-state index in [1.165, 1.54) is 27.8 Å². The molecule has 0 spiro atoms. The molecule has 0 radical (unpaired) electrons. The van der Waals surface area contributed by atoms with E-state index >= 15 is 0 Å². The molecule has 0 bridgehead atoms. The molecule has 2 unspecified atom stereocenters. The number of rotatable bonds is 0. The van der Waals surface area contributed by atoms with Crippen molar-refractivity contribution >= 4 is 0 Å². The van der Waals surface area contributed by atoms with Gasteiger partial charge in [-0.25, -0.2) is 0 Å². The molecule has 0 N–H and O–H groups in total. The Morgan fingerprint density at radius 2 is 1.42 bits per heavy atom. The van der Waals surface area contributed by atoms with Crippen molar-refractivity contribution in [3.8, 4) is 11.1 Å². The summed E-state index contributed by atoms with van der Waals surface area (Å²) in [4.78, 5) is 0. The molecule has 2 aliphatic rings. The molecule has 19 heavy (non-hydrogen) atoms. The van der Waals surface area contributed by atoms with Crippen LogP contribution in [0.3, 0.4) is 0 Å². The first kappa shape index (κ1) is 10.8. The molecule has 0 heterocycles. The highest BCUT2D eigenvalue weighted by Crippen LogP contribution is 2.49. The minimum Gasteiger partial charge on any atom is -0.0761 e. The Morgan fingerprint density at radius 1 is 0.737 bits per heavy atom. The maximum Gasteiger partial charge on any atom is 0.0131 e. The van der Waals surface area contributed by atoms with Gasteiger partial charge < -0.3 is 0 Å². The fourth-order valence-electron chi connectivity index (χ4n) is 3.44. The third-order valence-corrected chi connectivity index (χ3v) is 4.31. The fraction of sp³-hybridized carbons (Fsp3) is 0.158. The van der Waals surface area contributed by atoms with Crippen molar-refractivity contribution in [1.29, 1.82) is 0 Å². The topological polar surface area (TPSA) is 0 Å². The zero-order valence-electron chi connectivity index (χ0n) is 11.0. The van der Waals surface area contributed by atoms with Crippen LogP contribution in [-0.2, 0) is 0 Å². The predicted molar refractivity (Wildman–Crippen MR) is 80.4 cm³/mol. The van der Waals surface area contributed by atoms with Gasteiger partial charge in [-0.3, -0.25) is 0 Å². The van der Waals surface area contributed by atoms with Crippen molar-refractivity contribution < 1.29 is 0 Å². The first-order valence-corrected chi connectivity index (χ1v) is 6.89. The van der Waals surface area contributed by atoms with Gasteiger partial charge in [0, 0.05) is 11.8 Å². The number of benzene rings is 2. The molecule has 0 fully saturated rings. The van der Waals surface area contributed by atoms with Gasteiger partial charge in [0.05, 0.1) is 0 Å². The number of hydrogen-bond acceptors (Lipinski definition) is 0. The number of hydrogen-bond donors (Lipinski definition) is 0. The van der Waals surface area contributed by atoms with Crippen LogP contribution >= 0.6 is 0 Å². The molecule has 2 atom stereocenters. The van der Waals surface area contributed by atoms with Gasteiger partial charge in [-0.15, -0.1) is 0 Å². The SMILES string of the molecule is Cc1ccc2c(c1)C1C=CC=CC1c1ccccc1-2. The fourth-order valence-corrected chi connectivity index (χ4v) is 3.44. The van der Waals surface area contributed by atoms with Gasteiger partial charge in [0.25, 0.3) is 0 Å². The third kappa shape index (κ3) is 1.53. The normalized spacial score (nSPS) is 22.6. The summed E-state index contributed by atoms with van der Waals surface area (Å²) in [7, 11) is 0. The second-order valence-corrected chi connectivity index (χ2v) is 5.50. The number of fused-ring (bicyclic) bond motifs is 6. The molecule has 0 nitrogen and oxygen atoms in total. The monoisotopic (exact) mass is 244 g/mol.